The second-order valence-corrected chi connectivity index (χ2v) is 29.7. The lowest BCUT2D eigenvalue weighted by atomic mass is 9.93. The van der Waals surface area contributed by atoms with Crippen molar-refractivity contribution in [2.75, 3.05) is 59.5 Å². The minimum Gasteiger partial charge on any atom is -0.394 e. The number of aliphatic hydroxyl groups is 23. The van der Waals surface area contributed by atoms with Crippen LogP contribution in [0.1, 0.15) is 41.5 Å². The summed E-state index contributed by atoms with van der Waals surface area (Å²) in [5, 5.41) is 274. The zero-order valence-corrected chi connectivity index (χ0v) is 64.0. The van der Waals surface area contributed by atoms with Gasteiger partial charge >= 0.3 is 0 Å². The SMILES string of the molecule is CC(=O)N[C@H]1[C@H](OC[C@H]2O[C@H](OC[C@H]3O[C@@H](O[C@H]4[C@@H](O)[C@@H](NC(C)=O)[C@H](O[C@H]5[C@H](O)[C@@H](NC(C)=O)C(O)O[C@@H]5CO)O[C@@H]4CO)[C@@H](O)[C@@H](O[C@H]4O[C@H](CO)[C@@H](O)[C@H](O)[C@@H]4O[C@@H]4O[C@H](CO)[C@@H](O)[C@H](O)[C@H]4NC(C)=O)[C@@H]3O[C@@H]3O[C@H](CO)[C@@H](O)[C@H](O)[C@H]3NC(C)=O)[C@@H](O[C@@H]3O[C@H](CO)[C@@H](O)[C@H](O)[C@H]3NC(C)=O)[C@@H](O)[C@@H]2O)O[C@H](CO)[C@@H](O)[C@@H]1O. The minimum atomic E-state index is -2.73. The molecule has 680 valence electrons. The van der Waals surface area contributed by atoms with Gasteiger partial charge in [0.15, 0.2) is 56.6 Å². The van der Waals surface area contributed by atoms with Crippen molar-refractivity contribution in [1.82, 2.24) is 31.9 Å². The van der Waals surface area contributed by atoms with Gasteiger partial charge in [-0.2, -0.15) is 0 Å². The molecule has 9 aliphatic heterocycles. The molecular formula is C66H110N6O46. The molecule has 52 nitrogen and oxygen atoms in total. The highest BCUT2D eigenvalue weighted by atomic mass is 16.8. The van der Waals surface area contributed by atoms with Gasteiger partial charge in [-0.3, -0.25) is 28.8 Å². The van der Waals surface area contributed by atoms with Gasteiger partial charge < -0.3 is 230 Å². The Morgan fingerprint density at radius 1 is 0.220 bits per heavy atom. The van der Waals surface area contributed by atoms with E-state index in [0.29, 0.717) is 0 Å². The second-order valence-electron chi connectivity index (χ2n) is 29.7. The highest BCUT2D eigenvalue weighted by Gasteiger charge is 2.62. The quantitative estimate of drug-likeness (QED) is 0.0306. The molecular weight excluding hydrogens is 1610 g/mol. The van der Waals surface area contributed by atoms with Gasteiger partial charge in [-0.15, -0.1) is 0 Å². The molecule has 6 amide bonds. The van der Waals surface area contributed by atoms with Crippen LogP contribution in [0.25, 0.3) is 0 Å². The molecule has 0 aromatic heterocycles. The molecule has 0 radical (unpaired) electrons. The summed E-state index contributed by atoms with van der Waals surface area (Å²) < 4.78 is 104. The van der Waals surface area contributed by atoms with E-state index in [1.807, 2.05) is 0 Å². The summed E-state index contributed by atoms with van der Waals surface area (Å²) in [7, 11) is 0. The van der Waals surface area contributed by atoms with Crippen LogP contribution in [-0.2, 0) is 109 Å². The zero-order valence-electron chi connectivity index (χ0n) is 64.0. The Labute approximate surface area is 669 Å². The van der Waals surface area contributed by atoms with Gasteiger partial charge in [0.1, 0.15) is 219 Å². The summed E-state index contributed by atoms with van der Waals surface area (Å²) in [6, 6.07) is -11.1. The topological polar surface area (TPSA) is 797 Å². The molecule has 52 heteroatoms. The summed E-state index contributed by atoms with van der Waals surface area (Å²) in [6.45, 7) is -4.46. The molecule has 9 rings (SSSR count). The molecule has 9 heterocycles. The van der Waals surface area contributed by atoms with Crippen molar-refractivity contribution in [2.45, 2.75) is 318 Å². The Morgan fingerprint density at radius 2 is 0.466 bits per heavy atom. The molecule has 9 aliphatic rings. The normalized spacial score (nSPS) is 46.9. The number of amides is 6. The van der Waals surface area contributed by atoms with Gasteiger partial charge in [0, 0.05) is 41.5 Å². The molecule has 29 N–H and O–H groups in total. The monoisotopic (exact) mass is 1720 g/mol. The molecule has 0 aromatic carbocycles. The van der Waals surface area contributed by atoms with Crippen LogP contribution < -0.4 is 31.9 Å². The van der Waals surface area contributed by atoms with Crippen molar-refractivity contribution < 1.29 is 227 Å². The summed E-state index contributed by atoms with van der Waals surface area (Å²) in [5.41, 5.74) is 0. The summed E-state index contributed by atoms with van der Waals surface area (Å²) >= 11 is 0. The van der Waals surface area contributed by atoms with E-state index in [9.17, 15) is 146 Å². The largest absolute Gasteiger partial charge is 0.394 e. The first-order chi connectivity index (χ1) is 55.8. The molecule has 118 heavy (non-hydrogen) atoms. The van der Waals surface area contributed by atoms with E-state index in [1.54, 1.807) is 0 Å². The molecule has 0 aliphatic carbocycles. The van der Waals surface area contributed by atoms with Crippen molar-refractivity contribution in [3.8, 4) is 0 Å². The fourth-order valence-electron chi connectivity index (χ4n) is 15.2. The van der Waals surface area contributed by atoms with Crippen LogP contribution >= 0.6 is 0 Å². The van der Waals surface area contributed by atoms with Gasteiger partial charge in [-0.1, -0.05) is 0 Å². The fraction of sp³-hybridized carbons (Fsp3) is 0.909. The zero-order chi connectivity index (χ0) is 87.1. The van der Waals surface area contributed by atoms with E-state index in [0.717, 1.165) is 41.5 Å². The number of ether oxygens (including phenoxy) is 17. The first kappa shape index (κ1) is 97.0. The van der Waals surface area contributed by atoms with Crippen LogP contribution in [0.5, 0.6) is 0 Å². The number of nitrogens with one attached hydrogen (secondary N) is 6. The van der Waals surface area contributed by atoms with Crippen LogP contribution in [0, 0.1) is 0 Å². The lowest BCUT2D eigenvalue weighted by Crippen LogP contribution is -2.71. The number of hydrogen-bond acceptors (Lipinski definition) is 46. The maximum Gasteiger partial charge on any atom is 0.217 e. The van der Waals surface area contributed by atoms with Crippen molar-refractivity contribution in [3.05, 3.63) is 0 Å². The van der Waals surface area contributed by atoms with Gasteiger partial charge in [0.05, 0.1) is 59.5 Å². The Balaban J connectivity index is 1.20. The van der Waals surface area contributed by atoms with Gasteiger partial charge in [0.2, 0.25) is 35.4 Å². The van der Waals surface area contributed by atoms with Gasteiger partial charge in [-0.05, 0) is 0 Å². The molecule has 0 bridgehead atoms. The standard InChI is InChI=1S/C66H110N6O46/c1-16(80)67-31-47(96)52(27(12-78)104-58(31)101)113-63-36(72-21(6)85)48(97)53(28(13-79)110-63)114-64-51(100)55(116-66-57(49(98)41(90)26(11-77)109-66)118-62-35(71-20(5)84)46(95)40(89)25(10-76)108-62)54(115-60-33(69-18(3)82)44(93)38(87)23(8-74)106-60)30(112-64)15-103-65-56(117-61-34(70-19(4)83)45(94)39(88)24(9-75)107-61)50(99)42(91)29(111-65)14-102-59-32(68-17(2)81)43(92)37(86)22(7-73)105-59/h22-66,73-79,86-101H,7-15H2,1-6H3,(H,67,80)(H,68,81)(H,69,82)(H,70,83)(H,71,84)(H,72,85)/t22-,23-,24-,25-,26-,27-,28-,29-,30-,31-,32-,33-,34-,35-,36-,37-,38-,39-,40-,41-,42-,43-,44-,45-,46-,47-,48+,49+,50+,51+,52-,53-,54-,55-,56+,57+,58?,59-,60+,61+,62+,63+,64+,65+,66-/m1/s1. The second kappa shape index (κ2) is 42.7. The molecule has 0 aromatic rings. The molecule has 0 saturated carbocycles. The smallest absolute Gasteiger partial charge is 0.217 e. The highest BCUT2D eigenvalue weighted by Crippen LogP contribution is 2.41. The van der Waals surface area contributed by atoms with Crippen molar-refractivity contribution in [3.63, 3.8) is 0 Å². The number of hydrogen-bond donors (Lipinski definition) is 29. The third-order valence-corrected chi connectivity index (χ3v) is 21.1. The molecule has 9 saturated heterocycles. The van der Waals surface area contributed by atoms with E-state index in [-0.39, 0.29) is 0 Å². The van der Waals surface area contributed by atoms with E-state index < -0.39 is 371 Å². The first-order valence-corrected chi connectivity index (χ1v) is 37.6. The molecule has 45 atom stereocenters. The number of carbonyl (C=O) groups is 6. The fourth-order valence-corrected chi connectivity index (χ4v) is 15.2. The van der Waals surface area contributed by atoms with Crippen molar-refractivity contribution >= 4 is 35.4 Å². The first-order valence-electron chi connectivity index (χ1n) is 37.6. The summed E-state index contributed by atoms with van der Waals surface area (Å²) in [5.74, 6) is -5.46. The average Bonchev–Trinajstić information content (AvgIpc) is 0.761. The van der Waals surface area contributed by atoms with Crippen LogP contribution in [0.3, 0.4) is 0 Å². The summed E-state index contributed by atoms with van der Waals surface area (Å²) in [4.78, 5) is 76.6. The third kappa shape index (κ3) is 22.1. The Bertz CT molecular complexity index is 3230. The Morgan fingerprint density at radius 3 is 0.856 bits per heavy atom. The van der Waals surface area contributed by atoms with Gasteiger partial charge in [0.25, 0.3) is 0 Å². The Hall–Kier alpha value is -4.78. The molecule has 1 unspecified atom stereocenters. The highest BCUT2D eigenvalue weighted by molar-refractivity contribution is 5.75. The number of carbonyl (C=O) groups excluding carboxylic acids is 6. The number of aliphatic hydroxyl groups excluding tert-OH is 23. The average molecular weight is 1720 g/mol. The molecule has 0 spiro atoms. The lowest BCUT2D eigenvalue weighted by molar-refractivity contribution is -0.407. The van der Waals surface area contributed by atoms with E-state index in [4.69, 9.17) is 80.5 Å². The maximum absolute atomic E-state index is 13.3. The predicted octanol–water partition coefficient (Wildman–Crippen LogP) is -19.8. The van der Waals surface area contributed by atoms with Crippen LogP contribution in [0.15, 0.2) is 0 Å². The molecule has 9 fully saturated rings. The third-order valence-electron chi connectivity index (χ3n) is 21.1. The van der Waals surface area contributed by atoms with Crippen LogP contribution in [0.2, 0.25) is 0 Å². The van der Waals surface area contributed by atoms with E-state index in [1.165, 1.54) is 0 Å². The predicted molar refractivity (Wildman–Crippen MR) is 367 cm³/mol. The maximum atomic E-state index is 13.3. The van der Waals surface area contributed by atoms with Crippen LogP contribution in [-0.4, -0.2) is 488 Å². The van der Waals surface area contributed by atoms with E-state index in [2.05, 4.69) is 31.9 Å². The number of rotatable bonds is 31. The van der Waals surface area contributed by atoms with Crippen molar-refractivity contribution in [2.24, 2.45) is 0 Å². The summed E-state index contributed by atoms with van der Waals surface area (Å²) in [6.07, 6.45) is -84.0. The lowest BCUT2D eigenvalue weighted by Gasteiger charge is -2.52. The van der Waals surface area contributed by atoms with Crippen LogP contribution in [0.4, 0.5) is 0 Å². The van der Waals surface area contributed by atoms with E-state index >= 15 is 0 Å². The van der Waals surface area contributed by atoms with Crippen molar-refractivity contribution in [1.29, 1.82) is 0 Å². The van der Waals surface area contributed by atoms with Gasteiger partial charge in [-0.25, -0.2) is 0 Å². The minimum absolute atomic E-state index is 0.812. The Kier molecular flexibility index (Phi) is 35.1.